The number of amides is 1. The highest BCUT2D eigenvalue weighted by atomic mass is 16.1. The zero-order chi connectivity index (χ0) is 12.3. The van der Waals surface area contributed by atoms with Crippen molar-refractivity contribution in [1.82, 2.24) is 5.32 Å². The summed E-state index contributed by atoms with van der Waals surface area (Å²) in [6.45, 7) is 3.09. The SMILES string of the molecule is CC1CC(N)CC(C(=O)NCC2CCCC2)C1. The molecule has 2 aliphatic rings. The van der Waals surface area contributed by atoms with Crippen molar-refractivity contribution in [3.8, 4) is 0 Å². The summed E-state index contributed by atoms with van der Waals surface area (Å²) >= 11 is 0. The van der Waals surface area contributed by atoms with Crippen LogP contribution < -0.4 is 11.1 Å². The molecule has 3 nitrogen and oxygen atoms in total. The first-order valence-electron chi connectivity index (χ1n) is 7.18. The van der Waals surface area contributed by atoms with Gasteiger partial charge in [-0.15, -0.1) is 0 Å². The van der Waals surface area contributed by atoms with Crippen LogP contribution in [0, 0.1) is 17.8 Å². The molecule has 3 atom stereocenters. The Balaban J connectivity index is 1.74. The van der Waals surface area contributed by atoms with Crippen LogP contribution in [0.5, 0.6) is 0 Å². The molecule has 3 N–H and O–H groups in total. The van der Waals surface area contributed by atoms with Crippen molar-refractivity contribution in [2.45, 2.75) is 57.9 Å². The van der Waals surface area contributed by atoms with Crippen LogP contribution in [-0.2, 0) is 4.79 Å². The number of rotatable bonds is 3. The standard InChI is InChI=1S/C14H26N2O/c1-10-6-12(8-13(15)7-10)14(17)16-9-11-4-2-3-5-11/h10-13H,2-9,15H2,1H3,(H,16,17). The highest BCUT2D eigenvalue weighted by molar-refractivity contribution is 5.78. The van der Waals surface area contributed by atoms with Crippen molar-refractivity contribution in [2.75, 3.05) is 6.54 Å². The first kappa shape index (κ1) is 12.9. The van der Waals surface area contributed by atoms with Crippen molar-refractivity contribution in [2.24, 2.45) is 23.5 Å². The van der Waals surface area contributed by atoms with E-state index in [-0.39, 0.29) is 17.9 Å². The summed E-state index contributed by atoms with van der Waals surface area (Å²) in [5.74, 6) is 1.74. The van der Waals surface area contributed by atoms with Gasteiger partial charge in [0.05, 0.1) is 0 Å². The zero-order valence-corrected chi connectivity index (χ0v) is 11.0. The lowest BCUT2D eigenvalue weighted by atomic mass is 9.79. The van der Waals surface area contributed by atoms with E-state index in [1.54, 1.807) is 0 Å². The number of nitrogens with one attached hydrogen (secondary N) is 1. The van der Waals surface area contributed by atoms with Crippen LogP contribution in [0.25, 0.3) is 0 Å². The van der Waals surface area contributed by atoms with E-state index >= 15 is 0 Å². The van der Waals surface area contributed by atoms with Gasteiger partial charge in [-0.2, -0.15) is 0 Å². The van der Waals surface area contributed by atoms with Gasteiger partial charge in [-0.25, -0.2) is 0 Å². The Morgan fingerprint density at radius 1 is 1.24 bits per heavy atom. The normalized spacial score (nSPS) is 34.8. The number of nitrogens with two attached hydrogens (primary N) is 1. The molecule has 0 radical (unpaired) electrons. The van der Waals surface area contributed by atoms with Gasteiger partial charge in [0.25, 0.3) is 0 Å². The van der Waals surface area contributed by atoms with E-state index in [1.807, 2.05) is 0 Å². The Kier molecular flexibility index (Phi) is 4.43. The molecule has 2 fully saturated rings. The van der Waals surface area contributed by atoms with E-state index in [1.165, 1.54) is 25.7 Å². The van der Waals surface area contributed by atoms with Crippen LogP contribution in [0.4, 0.5) is 0 Å². The maximum absolute atomic E-state index is 12.1. The number of carbonyl (C=O) groups excluding carboxylic acids is 1. The third-order valence-electron chi connectivity index (χ3n) is 4.39. The summed E-state index contributed by atoms with van der Waals surface area (Å²) in [5, 5.41) is 3.14. The van der Waals surface area contributed by atoms with Crippen molar-refractivity contribution >= 4 is 5.91 Å². The number of hydrogen-bond acceptors (Lipinski definition) is 2. The van der Waals surface area contributed by atoms with Crippen molar-refractivity contribution in [3.63, 3.8) is 0 Å². The predicted molar refractivity (Wildman–Crippen MR) is 69.4 cm³/mol. The van der Waals surface area contributed by atoms with Crippen LogP contribution in [-0.4, -0.2) is 18.5 Å². The summed E-state index contributed by atoms with van der Waals surface area (Å²) < 4.78 is 0. The highest BCUT2D eigenvalue weighted by Crippen LogP contribution is 2.28. The van der Waals surface area contributed by atoms with Gasteiger partial charge >= 0.3 is 0 Å². The van der Waals surface area contributed by atoms with Gasteiger partial charge in [0.2, 0.25) is 5.91 Å². The summed E-state index contributed by atoms with van der Waals surface area (Å²) in [5.41, 5.74) is 5.99. The van der Waals surface area contributed by atoms with Crippen molar-refractivity contribution in [1.29, 1.82) is 0 Å². The first-order chi connectivity index (χ1) is 8.15. The third kappa shape index (κ3) is 3.70. The summed E-state index contributed by atoms with van der Waals surface area (Å²) in [7, 11) is 0. The summed E-state index contributed by atoms with van der Waals surface area (Å²) in [6.07, 6.45) is 8.23. The fourth-order valence-corrected chi connectivity index (χ4v) is 3.47. The minimum Gasteiger partial charge on any atom is -0.356 e. The maximum atomic E-state index is 12.1. The van der Waals surface area contributed by atoms with E-state index in [9.17, 15) is 4.79 Å². The Hall–Kier alpha value is -0.570. The fraction of sp³-hybridized carbons (Fsp3) is 0.929. The average molecular weight is 238 g/mol. The second-order valence-electron chi connectivity index (χ2n) is 6.16. The second-order valence-corrected chi connectivity index (χ2v) is 6.16. The van der Waals surface area contributed by atoms with Crippen LogP contribution in [0.1, 0.15) is 51.9 Å². The largest absolute Gasteiger partial charge is 0.356 e. The monoisotopic (exact) mass is 238 g/mol. The lowest BCUT2D eigenvalue weighted by Crippen LogP contribution is -2.41. The van der Waals surface area contributed by atoms with Crippen LogP contribution in [0.3, 0.4) is 0 Å². The minimum atomic E-state index is 0.162. The molecule has 0 aromatic heterocycles. The number of carbonyl (C=O) groups is 1. The lowest BCUT2D eigenvalue weighted by Gasteiger charge is -2.30. The Bertz CT molecular complexity index is 251. The Labute approximate surface area is 105 Å². The summed E-state index contributed by atoms with van der Waals surface area (Å²) in [6, 6.07) is 0.223. The van der Waals surface area contributed by atoms with E-state index < -0.39 is 0 Å². The average Bonchev–Trinajstić information content (AvgIpc) is 2.77. The van der Waals surface area contributed by atoms with Crippen molar-refractivity contribution < 1.29 is 4.79 Å². The van der Waals surface area contributed by atoms with Gasteiger partial charge in [0, 0.05) is 18.5 Å². The predicted octanol–water partition coefficient (Wildman–Crippen LogP) is 2.06. The maximum Gasteiger partial charge on any atom is 0.223 e. The molecule has 3 heteroatoms. The van der Waals surface area contributed by atoms with Crippen LogP contribution >= 0.6 is 0 Å². The molecule has 0 bridgehead atoms. The van der Waals surface area contributed by atoms with Gasteiger partial charge < -0.3 is 11.1 Å². The molecule has 1 amide bonds. The molecule has 0 heterocycles. The third-order valence-corrected chi connectivity index (χ3v) is 4.39. The summed E-state index contributed by atoms with van der Waals surface area (Å²) in [4.78, 5) is 12.1. The molecule has 98 valence electrons. The van der Waals surface area contributed by atoms with Crippen LogP contribution in [0.15, 0.2) is 0 Å². The van der Waals surface area contributed by atoms with Gasteiger partial charge in [-0.05, 0) is 43.9 Å². The minimum absolute atomic E-state index is 0.162. The molecular formula is C14H26N2O. The van der Waals surface area contributed by atoms with Gasteiger partial charge in [0.15, 0.2) is 0 Å². The van der Waals surface area contributed by atoms with Gasteiger partial charge in [-0.3, -0.25) is 4.79 Å². The van der Waals surface area contributed by atoms with E-state index in [2.05, 4.69) is 12.2 Å². The van der Waals surface area contributed by atoms with Crippen molar-refractivity contribution in [3.05, 3.63) is 0 Å². The quantitative estimate of drug-likeness (QED) is 0.790. The van der Waals surface area contributed by atoms with E-state index in [4.69, 9.17) is 5.73 Å². The molecule has 0 saturated heterocycles. The Morgan fingerprint density at radius 2 is 1.94 bits per heavy atom. The lowest BCUT2D eigenvalue weighted by molar-refractivity contribution is -0.126. The topological polar surface area (TPSA) is 55.1 Å². The molecular weight excluding hydrogens is 212 g/mol. The highest BCUT2D eigenvalue weighted by Gasteiger charge is 2.29. The molecule has 2 rings (SSSR count). The first-order valence-corrected chi connectivity index (χ1v) is 7.18. The van der Waals surface area contributed by atoms with E-state index in [0.717, 1.165) is 31.7 Å². The molecule has 0 spiro atoms. The van der Waals surface area contributed by atoms with Gasteiger partial charge in [0.1, 0.15) is 0 Å². The van der Waals surface area contributed by atoms with Gasteiger partial charge in [-0.1, -0.05) is 19.8 Å². The van der Waals surface area contributed by atoms with Crippen LogP contribution in [0.2, 0.25) is 0 Å². The molecule has 0 aromatic carbocycles. The molecule has 2 saturated carbocycles. The second kappa shape index (κ2) is 5.85. The zero-order valence-electron chi connectivity index (χ0n) is 11.0. The van der Waals surface area contributed by atoms with E-state index in [0.29, 0.717) is 5.92 Å². The smallest absolute Gasteiger partial charge is 0.223 e. The molecule has 3 unspecified atom stereocenters. The molecule has 0 aliphatic heterocycles. The molecule has 0 aromatic rings. The number of hydrogen-bond donors (Lipinski definition) is 2. The molecule has 2 aliphatic carbocycles. The molecule has 17 heavy (non-hydrogen) atoms. The fourth-order valence-electron chi connectivity index (χ4n) is 3.47. The Morgan fingerprint density at radius 3 is 2.59 bits per heavy atom.